The van der Waals surface area contributed by atoms with Gasteiger partial charge in [-0.2, -0.15) is 0 Å². The quantitative estimate of drug-likeness (QED) is 0.753. The Morgan fingerprint density at radius 1 is 1.58 bits per heavy atom. The summed E-state index contributed by atoms with van der Waals surface area (Å²) in [5.41, 5.74) is 7.28. The molecule has 0 aliphatic rings. The first-order chi connectivity index (χ1) is 5.65. The molecule has 0 amide bonds. The molecule has 1 aromatic carbocycles. The van der Waals surface area contributed by atoms with Gasteiger partial charge in [0.15, 0.2) is 0 Å². The lowest BCUT2D eigenvalue weighted by Crippen LogP contribution is -1.90. The van der Waals surface area contributed by atoms with Crippen LogP contribution in [-0.4, -0.2) is 0 Å². The van der Waals surface area contributed by atoms with Crippen LogP contribution in [0.15, 0.2) is 28.7 Å². The number of benzene rings is 1. The predicted octanol–water partition coefficient (Wildman–Crippen LogP) is 3.63. The van der Waals surface area contributed by atoms with E-state index < -0.39 is 0 Å². The standard InChI is InChI=1S/C9H9BrClN/c1-2-8(11)7-5-6(10)3-4-9(7)12/h2-5H,12H2,1H3/b8-2+. The highest BCUT2D eigenvalue weighted by Crippen LogP contribution is 2.27. The summed E-state index contributed by atoms with van der Waals surface area (Å²) in [6, 6.07) is 5.61. The Hall–Kier alpha value is -0.470. The molecule has 2 N–H and O–H groups in total. The van der Waals surface area contributed by atoms with E-state index in [1.807, 2.05) is 31.2 Å². The van der Waals surface area contributed by atoms with Crippen molar-refractivity contribution in [1.82, 2.24) is 0 Å². The van der Waals surface area contributed by atoms with Gasteiger partial charge in [-0.3, -0.25) is 0 Å². The number of halogens is 2. The number of hydrogen-bond donors (Lipinski definition) is 1. The summed E-state index contributed by atoms with van der Waals surface area (Å²) in [7, 11) is 0. The first kappa shape index (κ1) is 9.62. The molecule has 1 rings (SSSR count). The van der Waals surface area contributed by atoms with Crippen molar-refractivity contribution in [3.63, 3.8) is 0 Å². The molecule has 0 heterocycles. The molecule has 0 aliphatic carbocycles. The fourth-order valence-electron chi connectivity index (χ4n) is 0.891. The van der Waals surface area contributed by atoms with E-state index in [4.69, 9.17) is 17.3 Å². The minimum atomic E-state index is 0.675. The second kappa shape index (κ2) is 3.97. The molecule has 1 nitrogen and oxygen atoms in total. The molecule has 64 valence electrons. The van der Waals surface area contributed by atoms with E-state index in [9.17, 15) is 0 Å². The van der Waals surface area contributed by atoms with Gasteiger partial charge in [-0.15, -0.1) is 0 Å². The molecule has 0 radical (unpaired) electrons. The minimum absolute atomic E-state index is 0.675. The van der Waals surface area contributed by atoms with Crippen LogP contribution in [0.3, 0.4) is 0 Å². The second-order valence-electron chi connectivity index (χ2n) is 2.37. The summed E-state index contributed by atoms with van der Waals surface area (Å²) in [6.07, 6.45) is 1.82. The Kier molecular flexibility index (Phi) is 3.18. The largest absolute Gasteiger partial charge is 0.398 e. The zero-order valence-electron chi connectivity index (χ0n) is 6.64. The fraction of sp³-hybridized carbons (Fsp3) is 0.111. The first-order valence-electron chi connectivity index (χ1n) is 3.52. The third-order valence-electron chi connectivity index (χ3n) is 1.53. The van der Waals surface area contributed by atoms with E-state index in [1.54, 1.807) is 0 Å². The van der Waals surface area contributed by atoms with Crippen molar-refractivity contribution in [1.29, 1.82) is 0 Å². The van der Waals surface area contributed by atoms with E-state index in [0.29, 0.717) is 10.7 Å². The molecule has 1 aromatic rings. The van der Waals surface area contributed by atoms with Gasteiger partial charge in [0.25, 0.3) is 0 Å². The monoisotopic (exact) mass is 245 g/mol. The number of rotatable bonds is 1. The Morgan fingerprint density at radius 2 is 2.25 bits per heavy atom. The minimum Gasteiger partial charge on any atom is -0.398 e. The SMILES string of the molecule is C/C=C(/Cl)c1cc(Br)ccc1N. The topological polar surface area (TPSA) is 26.0 Å². The summed E-state index contributed by atoms with van der Waals surface area (Å²) in [5.74, 6) is 0. The Morgan fingerprint density at radius 3 is 2.83 bits per heavy atom. The molecular weight excluding hydrogens is 237 g/mol. The van der Waals surface area contributed by atoms with Crippen molar-refractivity contribution in [3.8, 4) is 0 Å². The van der Waals surface area contributed by atoms with Crippen LogP contribution >= 0.6 is 27.5 Å². The third kappa shape index (κ3) is 2.02. The van der Waals surface area contributed by atoms with E-state index in [-0.39, 0.29) is 0 Å². The van der Waals surface area contributed by atoms with Gasteiger partial charge in [-0.05, 0) is 25.1 Å². The molecule has 0 fully saturated rings. The number of hydrogen-bond acceptors (Lipinski definition) is 1. The van der Waals surface area contributed by atoms with Crippen molar-refractivity contribution < 1.29 is 0 Å². The fourth-order valence-corrected chi connectivity index (χ4v) is 1.42. The van der Waals surface area contributed by atoms with Gasteiger partial charge in [0.2, 0.25) is 0 Å². The van der Waals surface area contributed by atoms with Gasteiger partial charge in [0.05, 0.1) is 0 Å². The van der Waals surface area contributed by atoms with Crippen LogP contribution < -0.4 is 5.73 Å². The average Bonchev–Trinajstić information content (AvgIpc) is 2.08. The number of nitrogens with two attached hydrogens (primary N) is 1. The predicted molar refractivity (Wildman–Crippen MR) is 58.1 cm³/mol. The molecule has 0 spiro atoms. The van der Waals surface area contributed by atoms with E-state index in [0.717, 1.165) is 10.0 Å². The maximum absolute atomic E-state index is 5.93. The van der Waals surface area contributed by atoms with Crippen LogP contribution in [0.2, 0.25) is 0 Å². The van der Waals surface area contributed by atoms with E-state index in [2.05, 4.69) is 15.9 Å². The zero-order valence-corrected chi connectivity index (χ0v) is 8.98. The van der Waals surface area contributed by atoms with Crippen LogP contribution in [0.4, 0.5) is 5.69 Å². The van der Waals surface area contributed by atoms with Gasteiger partial charge >= 0.3 is 0 Å². The molecule has 0 unspecified atom stereocenters. The number of anilines is 1. The maximum atomic E-state index is 5.93. The summed E-state index contributed by atoms with van der Waals surface area (Å²) < 4.78 is 0.978. The molecule has 0 saturated carbocycles. The Balaban J connectivity index is 3.23. The van der Waals surface area contributed by atoms with E-state index in [1.165, 1.54) is 0 Å². The summed E-state index contributed by atoms with van der Waals surface area (Å²) >= 11 is 9.28. The van der Waals surface area contributed by atoms with Crippen molar-refractivity contribution in [2.45, 2.75) is 6.92 Å². The molecule has 0 saturated heterocycles. The number of nitrogen functional groups attached to an aromatic ring is 1. The normalized spacial score (nSPS) is 11.8. The van der Waals surface area contributed by atoms with Gasteiger partial charge < -0.3 is 5.73 Å². The Labute approximate surface area is 85.3 Å². The smallest absolute Gasteiger partial charge is 0.0456 e. The lowest BCUT2D eigenvalue weighted by Gasteiger charge is -2.03. The lowest BCUT2D eigenvalue weighted by atomic mass is 10.1. The summed E-state index contributed by atoms with van der Waals surface area (Å²) in [4.78, 5) is 0. The molecule has 3 heteroatoms. The third-order valence-corrected chi connectivity index (χ3v) is 2.44. The number of allylic oxidation sites excluding steroid dienone is 1. The second-order valence-corrected chi connectivity index (χ2v) is 3.69. The van der Waals surface area contributed by atoms with Gasteiger partial charge in [-0.25, -0.2) is 0 Å². The molecule has 0 aliphatic heterocycles. The van der Waals surface area contributed by atoms with Crippen molar-refractivity contribution in [3.05, 3.63) is 34.3 Å². The zero-order chi connectivity index (χ0) is 9.14. The van der Waals surface area contributed by atoms with E-state index >= 15 is 0 Å². The van der Waals surface area contributed by atoms with Crippen LogP contribution in [-0.2, 0) is 0 Å². The highest BCUT2D eigenvalue weighted by molar-refractivity contribution is 9.10. The molecular formula is C9H9BrClN. The maximum Gasteiger partial charge on any atom is 0.0456 e. The average molecular weight is 247 g/mol. The van der Waals surface area contributed by atoms with Gasteiger partial charge in [0.1, 0.15) is 0 Å². The first-order valence-corrected chi connectivity index (χ1v) is 4.69. The summed E-state index contributed by atoms with van der Waals surface area (Å²) in [6.45, 7) is 1.88. The Bertz CT molecular complexity index is 320. The van der Waals surface area contributed by atoms with Crippen LogP contribution in [0.25, 0.3) is 5.03 Å². The molecule has 0 atom stereocenters. The molecule has 0 aromatic heterocycles. The highest BCUT2D eigenvalue weighted by Gasteiger charge is 2.02. The van der Waals surface area contributed by atoms with Crippen molar-refractivity contribution >= 4 is 38.3 Å². The van der Waals surface area contributed by atoms with Crippen LogP contribution in [0, 0.1) is 0 Å². The molecule has 0 bridgehead atoms. The summed E-state index contributed by atoms with van der Waals surface area (Å²) in [5, 5.41) is 0.675. The lowest BCUT2D eigenvalue weighted by molar-refractivity contribution is 1.58. The molecule has 12 heavy (non-hydrogen) atoms. The van der Waals surface area contributed by atoms with Crippen LogP contribution in [0.5, 0.6) is 0 Å². The van der Waals surface area contributed by atoms with Gasteiger partial charge in [-0.1, -0.05) is 33.6 Å². The van der Waals surface area contributed by atoms with Crippen LogP contribution in [0.1, 0.15) is 12.5 Å². The van der Waals surface area contributed by atoms with Crippen molar-refractivity contribution in [2.75, 3.05) is 5.73 Å². The van der Waals surface area contributed by atoms with Gasteiger partial charge in [0, 0.05) is 20.8 Å². The van der Waals surface area contributed by atoms with Crippen molar-refractivity contribution in [2.24, 2.45) is 0 Å². The highest BCUT2D eigenvalue weighted by atomic mass is 79.9.